The fraction of sp³-hybridized carbons (Fsp3) is 0.0703. The molecule has 0 radical (unpaired) electrons. The molecule has 0 unspecified atom stereocenters. The molecule has 0 bridgehead atoms. The van der Waals surface area contributed by atoms with Gasteiger partial charge in [0.2, 0.25) is 0 Å². The summed E-state index contributed by atoms with van der Waals surface area (Å²) in [6.07, 6.45) is 5.59. The van der Waals surface area contributed by atoms with Crippen LogP contribution in [0.3, 0.4) is 0 Å². The lowest BCUT2D eigenvalue weighted by molar-refractivity contribution is 0.661. The number of aromatic nitrogens is 8. The van der Waals surface area contributed by atoms with E-state index in [2.05, 4.69) is 426 Å². The zero-order valence-electron chi connectivity index (χ0n) is 76.1. The Morgan fingerprint density at radius 1 is 0.213 bits per heavy atom. The second kappa shape index (κ2) is 32.2. The van der Waals surface area contributed by atoms with E-state index in [1.807, 2.05) is 67.1 Å². The summed E-state index contributed by atoms with van der Waals surface area (Å²) in [5.74, 6) is 0. The number of rotatable bonds is 10. The maximum atomic E-state index is 5.40. The van der Waals surface area contributed by atoms with Crippen LogP contribution in [0.1, 0.15) is 74.9 Å². The molecule has 3 aliphatic rings. The first kappa shape index (κ1) is 81.0. The molecule has 8 aromatic heterocycles. The molecule has 0 saturated heterocycles. The number of nitrogens with zero attached hydrogens (tertiary/aromatic N) is 8. The van der Waals surface area contributed by atoms with Crippen molar-refractivity contribution < 1.29 is 0 Å². The van der Waals surface area contributed by atoms with E-state index in [0.717, 1.165) is 101 Å². The van der Waals surface area contributed by atoms with E-state index in [1.54, 1.807) is 0 Å². The minimum atomic E-state index is -0.247. The molecule has 27 rings (SSSR count). The molecule has 0 saturated carbocycles. The highest BCUT2D eigenvalue weighted by Gasteiger charge is 2.44. The Hall–Kier alpha value is -17.1. The Morgan fingerprint density at radius 3 is 1.01 bits per heavy atom. The predicted molar refractivity (Wildman–Crippen MR) is 565 cm³/mol. The molecule has 0 amide bonds. The van der Waals surface area contributed by atoms with Gasteiger partial charge in [-0.1, -0.05) is 363 Å². The highest BCUT2D eigenvalue weighted by atomic mass is 15.0. The number of para-hydroxylation sites is 2. The van der Waals surface area contributed by atoms with Gasteiger partial charge in [0.25, 0.3) is 0 Å². The molecule has 136 heavy (non-hydrogen) atoms. The summed E-state index contributed by atoms with van der Waals surface area (Å²) >= 11 is 0. The standard InChI is InChI=1S/C49H34N4.C40H28N2.C39H28N2/c1-49(2)39-20-9-8-19-38(39)48-47(49)45(46-37-18-7-6-15-32(37)22-25-42(46)53-48)34-17-12-16-33(27-34)36-28-43(40-21-10-11-26-50-40)52-44(29-36)41-24-23-35(30-51-41)31-13-4-3-5-14-31;1-40(2)32-19-8-5-18-31(32)39-38(40)36(37-28-15-4-3-12-25(28)22-23-33(37)41-39)26-13-11-14-27(24-26)42-34-20-9-6-16-29(34)30-17-7-10-21-35(30)42;1-39(2)32-15-6-5-14-31(32)38-37(39)35(36-30-13-4-3-10-26(30)21-22-34(36)41-38)29-12-9-11-28(24-29)25-17-19-27(20-18-25)33-16-7-8-23-40-33/h3-30H,1-2H3;3-24H,1-2H3;3-24H,1-2H3. The zero-order valence-corrected chi connectivity index (χ0v) is 76.1. The van der Waals surface area contributed by atoms with Gasteiger partial charge in [-0.15, -0.1) is 0 Å². The van der Waals surface area contributed by atoms with Gasteiger partial charge in [0.15, 0.2) is 0 Å². The van der Waals surface area contributed by atoms with Crippen LogP contribution in [-0.4, -0.2) is 39.5 Å². The summed E-state index contributed by atoms with van der Waals surface area (Å²) < 4.78 is 2.41. The Bertz CT molecular complexity index is 8930. The average Bonchev–Trinajstić information content (AvgIpc) is 1.53. The minimum Gasteiger partial charge on any atom is -0.309 e. The summed E-state index contributed by atoms with van der Waals surface area (Å²) in [5, 5.41) is 13.6. The molecular formula is C128H90N8. The molecule has 0 aliphatic heterocycles. The normalized spacial score (nSPS) is 13.2. The van der Waals surface area contributed by atoms with Crippen molar-refractivity contribution in [3.63, 3.8) is 0 Å². The molecule has 0 spiro atoms. The van der Waals surface area contributed by atoms with Gasteiger partial charge in [0.05, 0.1) is 73.1 Å². The zero-order chi connectivity index (χ0) is 91.1. The van der Waals surface area contributed by atoms with E-state index in [0.29, 0.717) is 0 Å². The van der Waals surface area contributed by atoms with Crippen LogP contribution in [0.25, 0.3) is 227 Å². The Labute approximate surface area is 789 Å². The minimum absolute atomic E-state index is 0.181. The summed E-state index contributed by atoms with van der Waals surface area (Å²) in [7, 11) is 0. The fourth-order valence-corrected chi connectivity index (χ4v) is 22.4. The average molecular weight is 1740 g/mol. The third-order valence-corrected chi connectivity index (χ3v) is 28.7. The number of hydrogen-bond donors (Lipinski definition) is 0. The molecule has 8 heterocycles. The molecule has 0 atom stereocenters. The van der Waals surface area contributed by atoms with Gasteiger partial charge in [-0.05, 0) is 224 Å². The Kier molecular flexibility index (Phi) is 19.1. The van der Waals surface area contributed by atoms with Gasteiger partial charge in [-0.3, -0.25) is 15.0 Å². The molecule has 8 nitrogen and oxygen atoms in total. The summed E-state index contributed by atoms with van der Waals surface area (Å²) in [4.78, 5) is 35.3. The largest absolute Gasteiger partial charge is 0.309 e. The van der Waals surface area contributed by atoms with Crippen molar-refractivity contribution in [3.8, 4) is 140 Å². The first-order chi connectivity index (χ1) is 66.7. The third kappa shape index (κ3) is 13.3. The third-order valence-electron chi connectivity index (χ3n) is 28.7. The number of benzene rings is 16. The van der Waals surface area contributed by atoms with E-state index >= 15 is 0 Å². The second-order valence-electron chi connectivity index (χ2n) is 37.7. The van der Waals surface area contributed by atoms with Crippen LogP contribution < -0.4 is 0 Å². The molecule has 24 aromatic rings. The van der Waals surface area contributed by atoms with Crippen LogP contribution in [0.2, 0.25) is 0 Å². The topological polar surface area (TPSA) is 95.2 Å². The van der Waals surface area contributed by atoms with Crippen molar-refractivity contribution in [1.29, 1.82) is 0 Å². The number of hydrogen-bond acceptors (Lipinski definition) is 7. The maximum absolute atomic E-state index is 5.40. The van der Waals surface area contributed by atoms with Crippen molar-refractivity contribution in [2.75, 3.05) is 0 Å². The lowest BCUT2D eigenvalue weighted by Crippen LogP contribution is -2.17. The SMILES string of the molecule is CC1(C)c2ccccc2-c2nc3ccc4ccccc4c3c(-c3cccc(-c4cc(-c5ccccn5)nc(-c5ccc(-c6ccccc6)cn5)c4)c3)c21.CC1(C)c2ccccc2-c2nc3ccc4ccccc4c3c(-c3cccc(-c4ccc(-c5ccccn5)cc4)c3)c21.CC1(C)c2ccccc2-c2nc3ccc4ccccc4c3c(-c3cccc(-n4c5ccccc5c5ccccc54)c3)c21. The van der Waals surface area contributed by atoms with Gasteiger partial charge >= 0.3 is 0 Å². The molecule has 642 valence electrons. The summed E-state index contributed by atoms with van der Waals surface area (Å²) in [6.45, 7) is 14.1. The van der Waals surface area contributed by atoms with Crippen LogP contribution in [0.4, 0.5) is 0 Å². The Balaban J connectivity index is 0.000000110. The van der Waals surface area contributed by atoms with Gasteiger partial charge < -0.3 is 4.57 Å². The van der Waals surface area contributed by atoms with Crippen LogP contribution in [0.5, 0.6) is 0 Å². The monoisotopic (exact) mass is 1740 g/mol. The second-order valence-corrected chi connectivity index (χ2v) is 37.7. The van der Waals surface area contributed by atoms with Crippen LogP contribution in [-0.2, 0) is 16.2 Å². The first-order valence-corrected chi connectivity index (χ1v) is 46.9. The van der Waals surface area contributed by atoms with Crippen molar-refractivity contribution in [3.05, 3.63) is 471 Å². The van der Waals surface area contributed by atoms with E-state index in [9.17, 15) is 0 Å². The maximum Gasteiger partial charge on any atom is 0.0900 e. The predicted octanol–water partition coefficient (Wildman–Crippen LogP) is 32.8. The molecule has 0 fully saturated rings. The van der Waals surface area contributed by atoms with Crippen LogP contribution in [0, 0.1) is 0 Å². The lowest BCUT2D eigenvalue weighted by Gasteiger charge is -2.26. The highest BCUT2D eigenvalue weighted by molar-refractivity contribution is 6.20. The van der Waals surface area contributed by atoms with Crippen molar-refractivity contribution in [2.24, 2.45) is 0 Å². The molecule has 0 N–H and O–H groups in total. The van der Waals surface area contributed by atoms with Gasteiger partial charge in [0, 0.05) is 95.3 Å². The summed E-state index contributed by atoms with van der Waals surface area (Å²) in [5.41, 5.74) is 40.4. The summed E-state index contributed by atoms with van der Waals surface area (Å²) in [6, 6.07) is 150. The van der Waals surface area contributed by atoms with E-state index in [4.69, 9.17) is 24.9 Å². The quantitative estimate of drug-likeness (QED) is 0.126. The van der Waals surface area contributed by atoms with E-state index in [-0.39, 0.29) is 16.2 Å². The molecule has 8 heteroatoms. The van der Waals surface area contributed by atoms with E-state index < -0.39 is 0 Å². The van der Waals surface area contributed by atoms with Gasteiger partial charge in [-0.2, -0.15) is 0 Å². The lowest BCUT2D eigenvalue weighted by atomic mass is 9.77. The van der Waals surface area contributed by atoms with Crippen LogP contribution >= 0.6 is 0 Å². The Morgan fingerprint density at radius 2 is 0.566 bits per heavy atom. The van der Waals surface area contributed by atoms with E-state index in [1.165, 1.54) is 159 Å². The smallest absolute Gasteiger partial charge is 0.0900 e. The van der Waals surface area contributed by atoms with Crippen molar-refractivity contribution >= 4 is 86.8 Å². The van der Waals surface area contributed by atoms with Gasteiger partial charge in [-0.25, -0.2) is 19.9 Å². The molecule has 3 aliphatic carbocycles. The highest BCUT2D eigenvalue weighted by Crippen LogP contribution is 2.59. The number of fused-ring (bicyclic) bond motifs is 21. The molecule has 16 aromatic carbocycles. The number of pyridine rings is 7. The fourth-order valence-electron chi connectivity index (χ4n) is 22.4. The van der Waals surface area contributed by atoms with Crippen LogP contribution in [0.15, 0.2) is 437 Å². The van der Waals surface area contributed by atoms with Gasteiger partial charge in [0.1, 0.15) is 0 Å². The van der Waals surface area contributed by atoms with Crippen molar-refractivity contribution in [1.82, 2.24) is 39.5 Å². The molecular weight excluding hydrogens is 1650 g/mol. The first-order valence-electron chi connectivity index (χ1n) is 46.9. The van der Waals surface area contributed by atoms with Crippen molar-refractivity contribution in [2.45, 2.75) is 57.8 Å².